The second-order valence-electron chi connectivity index (χ2n) is 6.90. The van der Waals surface area contributed by atoms with Crippen LogP contribution < -0.4 is 11.5 Å². The van der Waals surface area contributed by atoms with Crippen molar-refractivity contribution < 1.29 is 9.59 Å². The molecule has 2 heterocycles. The van der Waals surface area contributed by atoms with Crippen molar-refractivity contribution in [3.63, 3.8) is 0 Å². The van der Waals surface area contributed by atoms with E-state index in [2.05, 4.69) is 11.6 Å². The van der Waals surface area contributed by atoms with Crippen molar-refractivity contribution in [1.82, 2.24) is 14.5 Å². The molecule has 2 aliphatic rings. The molecule has 4 N–H and O–H groups in total. The third kappa shape index (κ3) is 2.68. The van der Waals surface area contributed by atoms with Gasteiger partial charge in [0.05, 0.1) is 11.7 Å². The molecule has 0 radical (unpaired) electrons. The molecule has 0 unspecified atom stereocenters. The smallest absolute Gasteiger partial charge is 0.271 e. The van der Waals surface area contributed by atoms with Gasteiger partial charge in [-0.2, -0.15) is 0 Å². The molecule has 1 aliphatic heterocycles. The van der Waals surface area contributed by atoms with Gasteiger partial charge in [-0.05, 0) is 32.1 Å². The quantitative estimate of drug-likeness (QED) is 0.797. The van der Waals surface area contributed by atoms with Crippen LogP contribution in [0.5, 0.6) is 0 Å². The Morgan fingerprint density at radius 3 is 2.50 bits per heavy atom. The van der Waals surface area contributed by atoms with E-state index in [1.165, 1.54) is 0 Å². The Balaban J connectivity index is 1.65. The zero-order valence-electron chi connectivity index (χ0n) is 13.9. The molecule has 7 heteroatoms. The first-order valence-electron chi connectivity index (χ1n) is 8.51. The number of amides is 2. The van der Waals surface area contributed by atoms with Crippen molar-refractivity contribution in [2.45, 2.75) is 44.6 Å². The maximum absolute atomic E-state index is 12.9. The Morgan fingerprint density at radius 2 is 2.04 bits per heavy atom. The predicted molar refractivity (Wildman–Crippen MR) is 91.1 cm³/mol. The van der Waals surface area contributed by atoms with Crippen LogP contribution in [-0.4, -0.2) is 39.4 Å². The first-order valence-corrected chi connectivity index (χ1v) is 8.51. The highest BCUT2D eigenvalue weighted by Crippen LogP contribution is 2.46. The van der Waals surface area contributed by atoms with Crippen LogP contribution in [0.4, 0.5) is 5.82 Å². The molecule has 24 heavy (non-hydrogen) atoms. The molecule has 0 bridgehead atoms. The average Bonchev–Trinajstić information content (AvgIpc) is 2.92. The maximum atomic E-state index is 12.9. The molecule has 2 amide bonds. The largest absolute Gasteiger partial charge is 0.383 e. The van der Waals surface area contributed by atoms with E-state index in [1.54, 1.807) is 6.33 Å². The number of allylic oxidation sites excluding steroid dienone is 1. The van der Waals surface area contributed by atoms with Gasteiger partial charge in [0.15, 0.2) is 5.69 Å². The van der Waals surface area contributed by atoms with Crippen molar-refractivity contribution in [3.05, 3.63) is 24.7 Å². The number of aromatic nitrogens is 2. The monoisotopic (exact) mass is 331 g/mol. The highest BCUT2D eigenvalue weighted by Gasteiger charge is 2.45. The minimum atomic E-state index is -0.616. The third-order valence-corrected chi connectivity index (χ3v) is 5.51. The molecule has 1 aromatic heterocycles. The van der Waals surface area contributed by atoms with Crippen molar-refractivity contribution >= 4 is 17.6 Å². The number of anilines is 1. The number of nitrogens with two attached hydrogens (primary N) is 2. The van der Waals surface area contributed by atoms with Crippen LogP contribution in [0.3, 0.4) is 0 Å². The van der Waals surface area contributed by atoms with Crippen LogP contribution in [0.2, 0.25) is 0 Å². The number of carbonyl (C=O) groups is 2. The minimum absolute atomic E-state index is 0.118. The van der Waals surface area contributed by atoms with Crippen molar-refractivity contribution in [3.8, 4) is 0 Å². The SMILES string of the molecule is C=CCC1(C(=O)N2CCC(n3cnc(C(N)=O)c3N)CC2)CCC1. The van der Waals surface area contributed by atoms with Gasteiger partial charge >= 0.3 is 0 Å². The van der Waals surface area contributed by atoms with Crippen LogP contribution in [0.25, 0.3) is 0 Å². The summed E-state index contributed by atoms with van der Waals surface area (Å²) < 4.78 is 1.81. The fraction of sp³-hybridized carbons (Fsp3) is 0.588. The van der Waals surface area contributed by atoms with E-state index >= 15 is 0 Å². The summed E-state index contributed by atoms with van der Waals surface area (Å²) in [5.74, 6) is -0.0341. The second kappa shape index (κ2) is 6.30. The van der Waals surface area contributed by atoms with Gasteiger partial charge in [0.1, 0.15) is 5.82 Å². The van der Waals surface area contributed by atoms with Gasteiger partial charge in [0, 0.05) is 19.1 Å². The molecule has 1 aromatic rings. The molecule has 2 fully saturated rings. The molecular formula is C17H25N5O2. The van der Waals surface area contributed by atoms with Crippen molar-refractivity contribution in [2.75, 3.05) is 18.8 Å². The number of nitrogen functional groups attached to an aromatic ring is 1. The van der Waals surface area contributed by atoms with E-state index in [1.807, 2.05) is 15.5 Å². The highest BCUT2D eigenvalue weighted by atomic mass is 16.2. The van der Waals surface area contributed by atoms with Crippen LogP contribution in [-0.2, 0) is 4.79 Å². The molecular weight excluding hydrogens is 306 g/mol. The fourth-order valence-corrected chi connectivity index (χ4v) is 3.92. The van der Waals surface area contributed by atoms with Gasteiger partial charge < -0.3 is 20.9 Å². The van der Waals surface area contributed by atoms with Gasteiger partial charge in [-0.15, -0.1) is 6.58 Å². The summed E-state index contributed by atoms with van der Waals surface area (Å²) in [6.45, 7) is 5.20. The molecule has 0 atom stereocenters. The Hall–Kier alpha value is -2.31. The lowest BCUT2D eigenvalue weighted by molar-refractivity contribution is -0.148. The maximum Gasteiger partial charge on any atom is 0.271 e. The lowest BCUT2D eigenvalue weighted by atomic mass is 9.65. The average molecular weight is 331 g/mol. The number of nitrogens with zero attached hydrogens (tertiary/aromatic N) is 3. The van der Waals surface area contributed by atoms with Crippen LogP contribution in [0.1, 0.15) is 55.1 Å². The van der Waals surface area contributed by atoms with E-state index in [0.29, 0.717) is 18.9 Å². The number of rotatable bonds is 5. The molecule has 1 aliphatic carbocycles. The normalized spacial score (nSPS) is 20.4. The Labute approximate surface area is 141 Å². The predicted octanol–water partition coefficient (Wildman–Crippen LogP) is 1.47. The molecule has 1 saturated heterocycles. The number of carbonyl (C=O) groups excluding carboxylic acids is 2. The Morgan fingerprint density at radius 1 is 1.38 bits per heavy atom. The first kappa shape index (κ1) is 16.5. The number of hydrogen-bond donors (Lipinski definition) is 2. The molecule has 7 nitrogen and oxygen atoms in total. The lowest BCUT2D eigenvalue weighted by Crippen LogP contribution is -2.50. The van der Waals surface area contributed by atoms with Crippen molar-refractivity contribution in [1.29, 1.82) is 0 Å². The van der Waals surface area contributed by atoms with Crippen LogP contribution in [0, 0.1) is 5.41 Å². The standard InChI is InChI=1S/C17H25N5O2/c1-2-6-17(7-3-8-17)16(24)21-9-4-12(5-10-21)22-11-20-13(14(22)18)15(19)23/h2,11-12H,1,3-10,18H2,(H2,19,23). The third-order valence-electron chi connectivity index (χ3n) is 5.51. The zero-order valence-corrected chi connectivity index (χ0v) is 13.9. The van der Waals surface area contributed by atoms with Gasteiger partial charge in [-0.3, -0.25) is 9.59 Å². The number of piperidine rings is 1. The van der Waals surface area contributed by atoms with E-state index < -0.39 is 5.91 Å². The van der Waals surface area contributed by atoms with Gasteiger partial charge in [-0.1, -0.05) is 12.5 Å². The van der Waals surface area contributed by atoms with Crippen molar-refractivity contribution in [2.24, 2.45) is 11.1 Å². The summed E-state index contributed by atoms with van der Waals surface area (Å²) in [5, 5.41) is 0. The number of imidazole rings is 1. The molecule has 130 valence electrons. The van der Waals surface area contributed by atoms with E-state index in [4.69, 9.17) is 11.5 Å². The summed E-state index contributed by atoms with van der Waals surface area (Å²) >= 11 is 0. The van der Waals surface area contributed by atoms with E-state index in [0.717, 1.165) is 38.5 Å². The van der Waals surface area contributed by atoms with Crippen LogP contribution >= 0.6 is 0 Å². The molecule has 0 aromatic carbocycles. The Bertz CT molecular complexity index is 654. The second-order valence-corrected chi connectivity index (χ2v) is 6.90. The summed E-state index contributed by atoms with van der Waals surface area (Å²) in [4.78, 5) is 30.1. The Kier molecular flexibility index (Phi) is 4.34. The number of likely N-dealkylation sites (tertiary alicyclic amines) is 1. The number of hydrogen-bond acceptors (Lipinski definition) is 4. The fourth-order valence-electron chi connectivity index (χ4n) is 3.92. The lowest BCUT2D eigenvalue weighted by Gasteiger charge is -2.45. The van der Waals surface area contributed by atoms with Gasteiger partial charge in [0.2, 0.25) is 5.91 Å². The minimum Gasteiger partial charge on any atom is -0.383 e. The van der Waals surface area contributed by atoms with Gasteiger partial charge in [-0.25, -0.2) is 4.98 Å². The zero-order chi connectivity index (χ0) is 17.3. The van der Waals surface area contributed by atoms with Gasteiger partial charge in [0.25, 0.3) is 5.91 Å². The molecule has 0 spiro atoms. The number of primary amides is 1. The summed E-state index contributed by atoms with van der Waals surface area (Å²) in [6, 6.07) is 0.145. The summed E-state index contributed by atoms with van der Waals surface area (Å²) in [6.07, 6.45) is 8.86. The van der Waals surface area contributed by atoms with Crippen LogP contribution in [0.15, 0.2) is 19.0 Å². The molecule has 1 saturated carbocycles. The summed E-state index contributed by atoms with van der Waals surface area (Å²) in [7, 11) is 0. The molecule has 3 rings (SSSR count). The topological polar surface area (TPSA) is 107 Å². The first-order chi connectivity index (χ1) is 11.5. The van der Waals surface area contributed by atoms with E-state index in [-0.39, 0.29) is 23.1 Å². The van der Waals surface area contributed by atoms with E-state index in [9.17, 15) is 9.59 Å². The highest BCUT2D eigenvalue weighted by molar-refractivity contribution is 5.95. The summed E-state index contributed by atoms with van der Waals surface area (Å²) in [5.41, 5.74) is 11.2.